The summed E-state index contributed by atoms with van der Waals surface area (Å²) in [5.74, 6) is 1.11. The standard InChI is InChI=1S/C19H26N4O4/c1-25-17-2-4-18(5-3-17)27-11-7-21-15-16(14-20)19(24)22-6-8-23-9-12-26-13-10-23/h2-5,15,21H,6-13H2,1H3,(H,22,24)/b16-15-. The fraction of sp³-hybridized carbons (Fsp3) is 0.474. The molecule has 1 aliphatic heterocycles. The van der Waals surface area contributed by atoms with E-state index in [1.54, 1.807) is 7.11 Å². The van der Waals surface area contributed by atoms with Crippen molar-refractivity contribution in [1.82, 2.24) is 15.5 Å². The van der Waals surface area contributed by atoms with Gasteiger partial charge in [0.15, 0.2) is 0 Å². The Balaban J connectivity index is 1.63. The quantitative estimate of drug-likeness (QED) is 0.350. The highest BCUT2D eigenvalue weighted by atomic mass is 16.5. The molecule has 1 fully saturated rings. The molecule has 1 heterocycles. The Labute approximate surface area is 159 Å². The third-order valence-corrected chi connectivity index (χ3v) is 4.00. The van der Waals surface area contributed by atoms with Crippen LogP contribution in [0, 0.1) is 11.3 Å². The molecule has 1 saturated heterocycles. The topological polar surface area (TPSA) is 95.8 Å². The summed E-state index contributed by atoms with van der Waals surface area (Å²) < 4.78 is 15.9. The highest BCUT2D eigenvalue weighted by molar-refractivity contribution is 5.97. The predicted octanol–water partition coefficient (Wildman–Crippen LogP) is 0.519. The molecule has 1 aromatic carbocycles. The number of ether oxygens (including phenoxy) is 3. The third-order valence-electron chi connectivity index (χ3n) is 4.00. The van der Waals surface area contributed by atoms with Gasteiger partial charge in [0.2, 0.25) is 0 Å². The van der Waals surface area contributed by atoms with Crippen molar-refractivity contribution in [2.75, 3.05) is 59.7 Å². The fourth-order valence-corrected chi connectivity index (χ4v) is 2.47. The van der Waals surface area contributed by atoms with Gasteiger partial charge in [-0.15, -0.1) is 0 Å². The van der Waals surface area contributed by atoms with E-state index >= 15 is 0 Å². The summed E-state index contributed by atoms with van der Waals surface area (Å²) in [6, 6.07) is 9.18. The van der Waals surface area contributed by atoms with Crippen LogP contribution in [0.1, 0.15) is 0 Å². The summed E-state index contributed by atoms with van der Waals surface area (Å²) in [5.41, 5.74) is 0.0430. The van der Waals surface area contributed by atoms with Crippen molar-refractivity contribution < 1.29 is 19.0 Å². The molecule has 8 heteroatoms. The zero-order valence-corrected chi connectivity index (χ0v) is 15.6. The Kier molecular flexibility index (Phi) is 8.96. The van der Waals surface area contributed by atoms with E-state index in [0.29, 0.717) is 19.7 Å². The van der Waals surface area contributed by atoms with Crippen molar-refractivity contribution in [3.8, 4) is 17.6 Å². The molecule has 0 aromatic heterocycles. The Bertz CT molecular complexity index is 649. The van der Waals surface area contributed by atoms with Crippen LogP contribution in [0.25, 0.3) is 0 Å². The number of benzene rings is 1. The number of nitrogens with zero attached hydrogens (tertiary/aromatic N) is 2. The van der Waals surface area contributed by atoms with E-state index in [0.717, 1.165) is 44.3 Å². The van der Waals surface area contributed by atoms with Crippen LogP contribution in [0.4, 0.5) is 0 Å². The lowest BCUT2D eigenvalue weighted by Gasteiger charge is -2.26. The number of rotatable bonds is 10. The van der Waals surface area contributed by atoms with Gasteiger partial charge in [-0.05, 0) is 24.3 Å². The van der Waals surface area contributed by atoms with Crippen molar-refractivity contribution in [3.05, 3.63) is 36.0 Å². The first-order chi connectivity index (χ1) is 13.2. The van der Waals surface area contributed by atoms with E-state index < -0.39 is 0 Å². The van der Waals surface area contributed by atoms with Crippen molar-refractivity contribution in [1.29, 1.82) is 5.26 Å². The molecule has 2 N–H and O–H groups in total. The predicted molar refractivity (Wildman–Crippen MR) is 100 cm³/mol. The van der Waals surface area contributed by atoms with Crippen LogP contribution in [0.5, 0.6) is 11.5 Å². The van der Waals surface area contributed by atoms with Gasteiger partial charge in [0, 0.05) is 38.9 Å². The van der Waals surface area contributed by atoms with Gasteiger partial charge in [-0.25, -0.2) is 0 Å². The molecule has 8 nitrogen and oxygen atoms in total. The summed E-state index contributed by atoms with van der Waals surface area (Å²) in [6.07, 6.45) is 1.42. The van der Waals surface area contributed by atoms with E-state index in [-0.39, 0.29) is 11.5 Å². The number of amides is 1. The molecular weight excluding hydrogens is 348 g/mol. The molecule has 0 atom stereocenters. The average molecular weight is 374 g/mol. The van der Waals surface area contributed by atoms with E-state index in [1.165, 1.54) is 6.20 Å². The number of carbonyl (C=O) groups is 1. The first kappa shape index (κ1) is 20.6. The van der Waals surface area contributed by atoms with E-state index in [9.17, 15) is 4.79 Å². The SMILES string of the molecule is COc1ccc(OCCN/C=C(/C#N)C(=O)NCCN2CCOCC2)cc1. The number of morpholine rings is 1. The zero-order chi connectivity index (χ0) is 19.3. The second-order valence-corrected chi connectivity index (χ2v) is 5.86. The molecule has 0 spiro atoms. The summed E-state index contributed by atoms with van der Waals surface area (Å²) in [6.45, 7) is 5.30. The molecule has 27 heavy (non-hydrogen) atoms. The van der Waals surface area contributed by atoms with Gasteiger partial charge in [0.25, 0.3) is 5.91 Å². The maximum absolute atomic E-state index is 12.0. The van der Waals surface area contributed by atoms with Crippen LogP contribution in [0.15, 0.2) is 36.0 Å². The highest BCUT2D eigenvalue weighted by Gasteiger charge is 2.12. The lowest BCUT2D eigenvalue weighted by molar-refractivity contribution is -0.117. The molecule has 0 aliphatic carbocycles. The third kappa shape index (κ3) is 7.56. The molecule has 1 aromatic rings. The lowest BCUT2D eigenvalue weighted by Crippen LogP contribution is -2.41. The van der Waals surface area contributed by atoms with Gasteiger partial charge in [0.1, 0.15) is 29.7 Å². The largest absolute Gasteiger partial charge is 0.497 e. The minimum Gasteiger partial charge on any atom is -0.497 e. The van der Waals surface area contributed by atoms with Crippen LogP contribution in [-0.2, 0) is 9.53 Å². The average Bonchev–Trinajstić information content (AvgIpc) is 2.72. The van der Waals surface area contributed by atoms with Crippen molar-refractivity contribution in [2.45, 2.75) is 0 Å². The van der Waals surface area contributed by atoms with Crippen molar-refractivity contribution in [2.24, 2.45) is 0 Å². The van der Waals surface area contributed by atoms with Crippen molar-refractivity contribution >= 4 is 5.91 Å². The van der Waals surface area contributed by atoms with E-state index in [2.05, 4.69) is 15.5 Å². The van der Waals surface area contributed by atoms with Gasteiger partial charge in [-0.3, -0.25) is 9.69 Å². The molecule has 0 radical (unpaired) electrons. The maximum Gasteiger partial charge on any atom is 0.263 e. The molecule has 0 unspecified atom stereocenters. The second-order valence-electron chi connectivity index (χ2n) is 5.86. The molecular formula is C19H26N4O4. The van der Waals surface area contributed by atoms with Crippen LogP contribution < -0.4 is 20.1 Å². The van der Waals surface area contributed by atoms with Crippen LogP contribution >= 0.6 is 0 Å². The van der Waals surface area contributed by atoms with Crippen LogP contribution in [-0.4, -0.2) is 70.5 Å². The minimum absolute atomic E-state index is 0.0430. The number of nitrogens with one attached hydrogen (secondary N) is 2. The first-order valence-corrected chi connectivity index (χ1v) is 8.91. The number of hydrogen-bond donors (Lipinski definition) is 2. The molecule has 1 aliphatic rings. The molecule has 0 bridgehead atoms. The Morgan fingerprint density at radius 2 is 1.96 bits per heavy atom. The zero-order valence-electron chi connectivity index (χ0n) is 15.6. The van der Waals surface area contributed by atoms with Crippen molar-refractivity contribution in [3.63, 3.8) is 0 Å². The summed E-state index contributed by atoms with van der Waals surface area (Å²) in [4.78, 5) is 14.2. The fourth-order valence-electron chi connectivity index (χ4n) is 2.47. The van der Waals surface area contributed by atoms with Gasteiger partial charge in [-0.2, -0.15) is 5.26 Å². The van der Waals surface area contributed by atoms with E-state index in [1.807, 2.05) is 30.3 Å². The second kappa shape index (κ2) is 11.8. The van der Waals surface area contributed by atoms with Gasteiger partial charge < -0.3 is 24.8 Å². The molecule has 146 valence electrons. The summed E-state index contributed by atoms with van der Waals surface area (Å²) in [5, 5.41) is 14.8. The first-order valence-electron chi connectivity index (χ1n) is 8.91. The van der Waals surface area contributed by atoms with Gasteiger partial charge >= 0.3 is 0 Å². The lowest BCUT2D eigenvalue weighted by atomic mass is 10.3. The Morgan fingerprint density at radius 1 is 1.26 bits per heavy atom. The van der Waals surface area contributed by atoms with Crippen LogP contribution in [0.3, 0.4) is 0 Å². The number of nitriles is 1. The minimum atomic E-state index is -0.380. The maximum atomic E-state index is 12.0. The number of methoxy groups -OCH3 is 1. The summed E-state index contributed by atoms with van der Waals surface area (Å²) in [7, 11) is 1.61. The number of carbonyl (C=O) groups excluding carboxylic acids is 1. The summed E-state index contributed by atoms with van der Waals surface area (Å²) >= 11 is 0. The monoisotopic (exact) mass is 374 g/mol. The number of hydrogen-bond acceptors (Lipinski definition) is 7. The molecule has 0 saturated carbocycles. The molecule has 2 rings (SSSR count). The van der Waals surface area contributed by atoms with Crippen LogP contribution in [0.2, 0.25) is 0 Å². The van der Waals surface area contributed by atoms with E-state index in [4.69, 9.17) is 19.5 Å². The normalized spacial score (nSPS) is 14.9. The Hall–Kier alpha value is -2.76. The Morgan fingerprint density at radius 3 is 2.63 bits per heavy atom. The van der Waals surface area contributed by atoms with Gasteiger partial charge in [0.05, 0.1) is 20.3 Å². The highest BCUT2D eigenvalue weighted by Crippen LogP contribution is 2.16. The molecule has 1 amide bonds. The van der Waals surface area contributed by atoms with Gasteiger partial charge in [-0.1, -0.05) is 0 Å². The smallest absolute Gasteiger partial charge is 0.263 e.